The second-order valence-electron chi connectivity index (χ2n) is 2.89. The molecule has 1 aromatic carbocycles. The Hall–Kier alpha value is -0.860. The first kappa shape index (κ1) is 8.24. The Balaban J connectivity index is 3.06. The van der Waals surface area contributed by atoms with E-state index in [0.717, 1.165) is 5.56 Å². The molecule has 0 heterocycles. The van der Waals surface area contributed by atoms with Crippen LogP contribution in [0.2, 0.25) is 0 Å². The van der Waals surface area contributed by atoms with Crippen molar-refractivity contribution in [1.29, 1.82) is 0 Å². The molecule has 0 unspecified atom stereocenters. The van der Waals surface area contributed by atoms with Gasteiger partial charge in [-0.15, -0.1) is 0 Å². The molecule has 2 N–H and O–H groups in total. The first-order valence-corrected chi connectivity index (χ1v) is 3.52. The molecule has 0 amide bonds. The Kier molecular flexibility index (Phi) is 1.98. The van der Waals surface area contributed by atoms with Gasteiger partial charge in [-0.3, -0.25) is 0 Å². The standard InChI is InChI=1S/C9H12O2/c1-7-4-3-5-8(6-7)9(2,10)11/h3-6,10-11H,1-2H3. The number of hydrogen-bond acceptors (Lipinski definition) is 2. The number of aryl methyl sites for hydroxylation is 1. The lowest BCUT2D eigenvalue weighted by atomic mass is 10.1. The monoisotopic (exact) mass is 152 g/mol. The molecular weight excluding hydrogens is 140 g/mol. The summed E-state index contributed by atoms with van der Waals surface area (Å²) >= 11 is 0. The summed E-state index contributed by atoms with van der Waals surface area (Å²) in [7, 11) is 0. The molecule has 0 radical (unpaired) electrons. The maximum atomic E-state index is 9.17. The molecular formula is C9H12O2. The number of benzene rings is 1. The van der Waals surface area contributed by atoms with Crippen LogP contribution in [0.5, 0.6) is 0 Å². The van der Waals surface area contributed by atoms with Crippen LogP contribution < -0.4 is 0 Å². The smallest absolute Gasteiger partial charge is 0.186 e. The van der Waals surface area contributed by atoms with Gasteiger partial charge in [-0.25, -0.2) is 0 Å². The van der Waals surface area contributed by atoms with Crippen LogP contribution in [0.15, 0.2) is 24.3 Å². The van der Waals surface area contributed by atoms with E-state index in [0.29, 0.717) is 5.56 Å². The highest BCUT2D eigenvalue weighted by molar-refractivity contribution is 5.24. The zero-order valence-electron chi connectivity index (χ0n) is 6.70. The molecule has 60 valence electrons. The summed E-state index contributed by atoms with van der Waals surface area (Å²) in [5, 5.41) is 18.3. The van der Waals surface area contributed by atoms with E-state index in [9.17, 15) is 0 Å². The van der Waals surface area contributed by atoms with Crippen LogP contribution in [0.1, 0.15) is 18.1 Å². The molecule has 0 fully saturated rings. The molecule has 1 rings (SSSR count). The van der Waals surface area contributed by atoms with Crippen molar-refractivity contribution in [3.63, 3.8) is 0 Å². The van der Waals surface area contributed by atoms with Gasteiger partial charge in [0.1, 0.15) is 0 Å². The van der Waals surface area contributed by atoms with E-state index in [-0.39, 0.29) is 0 Å². The third-order valence-corrected chi connectivity index (χ3v) is 1.56. The summed E-state index contributed by atoms with van der Waals surface area (Å²) in [5.74, 6) is -1.72. The average molecular weight is 152 g/mol. The summed E-state index contributed by atoms with van der Waals surface area (Å²) in [5.41, 5.74) is 1.55. The van der Waals surface area contributed by atoms with Crippen LogP contribution >= 0.6 is 0 Å². The fourth-order valence-corrected chi connectivity index (χ4v) is 0.940. The summed E-state index contributed by atoms with van der Waals surface area (Å²) in [4.78, 5) is 0. The largest absolute Gasteiger partial charge is 0.362 e. The Morgan fingerprint density at radius 2 is 1.91 bits per heavy atom. The molecule has 0 aromatic heterocycles. The zero-order chi connectivity index (χ0) is 8.48. The minimum absolute atomic E-state index is 0.525. The minimum atomic E-state index is -1.72. The number of aliphatic hydroxyl groups is 2. The predicted molar refractivity (Wildman–Crippen MR) is 43.0 cm³/mol. The van der Waals surface area contributed by atoms with Gasteiger partial charge in [0.15, 0.2) is 5.79 Å². The zero-order valence-corrected chi connectivity index (χ0v) is 6.70. The Labute approximate surface area is 66.1 Å². The van der Waals surface area contributed by atoms with Crippen LogP contribution in [0.3, 0.4) is 0 Å². The third-order valence-electron chi connectivity index (χ3n) is 1.56. The Morgan fingerprint density at radius 3 is 2.27 bits per heavy atom. The molecule has 11 heavy (non-hydrogen) atoms. The van der Waals surface area contributed by atoms with Crippen molar-refractivity contribution >= 4 is 0 Å². The molecule has 2 nitrogen and oxygen atoms in total. The van der Waals surface area contributed by atoms with Crippen LogP contribution in [-0.2, 0) is 5.79 Å². The van der Waals surface area contributed by atoms with E-state index < -0.39 is 5.79 Å². The molecule has 0 aliphatic carbocycles. The van der Waals surface area contributed by atoms with Crippen molar-refractivity contribution < 1.29 is 10.2 Å². The Morgan fingerprint density at radius 1 is 1.27 bits per heavy atom. The van der Waals surface area contributed by atoms with Gasteiger partial charge in [-0.1, -0.05) is 29.8 Å². The highest BCUT2D eigenvalue weighted by Gasteiger charge is 2.17. The molecule has 0 aliphatic rings. The van der Waals surface area contributed by atoms with E-state index in [1.54, 1.807) is 18.2 Å². The van der Waals surface area contributed by atoms with Crippen molar-refractivity contribution in [3.8, 4) is 0 Å². The summed E-state index contributed by atoms with van der Waals surface area (Å²) in [6.07, 6.45) is 0. The van der Waals surface area contributed by atoms with Crippen molar-refractivity contribution in [2.45, 2.75) is 19.6 Å². The fraction of sp³-hybridized carbons (Fsp3) is 0.333. The molecule has 0 aliphatic heterocycles. The van der Waals surface area contributed by atoms with Crippen LogP contribution in [0, 0.1) is 6.92 Å². The second kappa shape index (κ2) is 2.64. The van der Waals surface area contributed by atoms with Crippen LogP contribution in [0.25, 0.3) is 0 Å². The van der Waals surface area contributed by atoms with Crippen LogP contribution in [0.4, 0.5) is 0 Å². The van der Waals surface area contributed by atoms with Gasteiger partial charge in [0.05, 0.1) is 0 Å². The maximum absolute atomic E-state index is 9.17. The first-order valence-electron chi connectivity index (χ1n) is 3.52. The Bertz CT molecular complexity index is 248. The van der Waals surface area contributed by atoms with E-state index >= 15 is 0 Å². The predicted octanol–water partition coefficient (Wildman–Crippen LogP) is 1.15. The molecule has 0 atom stereocenters. The minimum Gasteiger partial charge on any atom is -0.362 e. The normalized spacial score (nSPS) is 11.6. The van der Waals surface area contributed by atoms with Gasteiger partial charge in [0.25, 0.3) is 0 Å². The molecule has 0 bridgehead atoms. The van der Waals surface area contributed by atoms with Gasteiger partial charge >= 0.3 is 0 Å². The fourth-order valence-electron chi connectivity index (χ4n) is 0.940. The summed E-state index contributed by atoms with van der Waals surface area (Å²) in [6.45, 7) is 3.26. The lowest BCUT2D eigenvalue weighted by Gasteiger charge is -2.16. The molecule has 2 heteroatoms. The number of hydrogen-bond donors (Lipinski definition) is 2. The van der Waals surface area contributed by atoms with E-state index in [2.05, 4.69) is 0 Å². The van der Waals surface area contributed by atoms with E-state index in [1.807, 2.05) is 13.0 Å². The first-order chi connectivity index (χ1) is 5.00. The van der Waals surface area contributed by atoms with Crippen molar-refractivity contribution in [1.82, 2.24) is 0 Å². The molecule has 0 saturated heterocycles. The van der Waals surface area contributed by atoms with Crippen LogP contribution in [-0.4, -0.2) is 10.2 Å². The van der Waals surface area contributed by atoms with Crippen molar-refractivity contribution in [2.24, 2.45) is 0 Å². The van der Waals surface area contributed by atoms with E-state index in [4.69, 9.17) is 10.2 Å². The summed E-state index contributed by atoms with van der Waals surface area (Å²) < 4.78 is 0. The highest BCUT2D eigenvalue weighted by atomic mass is 16.5. The topological polar surface area (TPSA) is 40.5 Å². The average Bonchev–Trinajstić information content (AvgIpc) is 1.86. The van der Waals surface area contributed by atoms with Gasteiger partial charge in [0, 0.05) is 5.56 Å². The van der Waals surface area contributed by atoms with Gasteiger partial charge in [-0.2, -0.15) is 0 Å². The van der Waals surface area contributed by atoms with Gasteiger partial charge in [0.2, 0.25) is 0 Å². The second-order valence-corrected chi connectivity index (χ2v) is 2.89. The number of rotatable bonds is 1. The quantitative estimate of drug-likeness (QED) is 0.593. The lowest BCUT2D eigenvalue weighted by Crippen LogP contribution is -2.19. The summed E-state index contributed by atoms with van der Waals surface area (Å²) in [6, 6.07) is 7.15. The van der Waals surface area contributed by atoms with Crippen molar-refractivity contribution in [2.75, 3.05) is 0 Å². The highest BCUT2D eigenvalue weighted by Crippen LogP contribution is 2.17. The third kappa shape index (κ3) is 2.03. The van der Waals surface area contributed by atoms with E-state index in [1.165, 1.54) is 6.92 Å². The maximum Gasteiger partial charge on any atom is 0.186 e. The molecule has 0 saturated carbocycles. The molecule has 1 aromatic rings. The van der Waals surface area contributed by atoms with Gasteiger partial charge < -0.3 is 10.2 Å². The lowest BCUT2D eigenvalue weighted by molar-refractivity contribution is -0.152. The molecule has 0 spiro atoms. The van der Waals surface area contributed by atoms with Crippen molar-refractivity contribution in [3.05, 3.63) is 35.4 Å². The van der Waals surface area contributed by atoms with Gasteiger partial charge in [-0.05, 0) is 13.8 Å². The SMILES string of the molecule is Cc1cccc(C(C)(O)O)c1.